The molecule has 0 radical (unpaired) electrons. The zero-order valence-corrected chi connectivity index (χ0v) is 12.5. The summed E-state index contributed by atoms with van der Waals surface area (Å²) in [5, 5.41) is 2.90. The Morgan fingerprint density at radius 2 is 2.26 bits per heavy atom. The van der Waals surface area contributed by atoms with Crippen LogP contribution in [0.2, 0.25) is 0 Å². The lowest BCUT2D eigenvalue weighted by molar-refractivity contribution is -0.116. The molecule has 0 bridgehead atoms. The van der Waals surface area contributed by atoms with Crippen molar-refractivity contribution in [2.24, 2.45) is 4.99 Å². The smallest absolute Gasteiger partial charge is 0.258 e. The Labute approximate surface area is 124 Å². The summed E-state index contributed by atoms with van der Waals surface area (Å²) in [5.74, 6) is 0.111. The van der Waals surface area contributed by atoms with E-state index in [0.717, 1.165) is 13.1 Å². The minimum atomic E-state index is -0.287. The van der Waals surface area contributed by atoms with E-state index >= 15 is 0 Å². The number of nitrogens with zero attached hydrogens (tertiary/aromatic N) is 2. The number of aliphatic imine (C=N–C) groups is 1. The molecule has 104 valence electrons. The van der Waals surface area contributed by atoms with Gasteiger partial charge in [-0.25, -0.2) is 0 Å². The molecule has 0 aromatic carbocycles. The zero-order valence-electron chi connectivity index (χ0n) is 10.1. The van der Waals surface area contributed by atoms with E-state index in [-0.39, 0.29) is 17.6 Å². The number of thioether (sulfide) groups is 2. The predicted octanol–water partition coefficient (Wildman–Crippen LogP) is 0.0823. The van der Waals surface area contributed by atoms with Crippen LogP contribution in [0.1, 0.15) is 0 Å². The molecule has 0 spiro atoms. The van der Waals surface area contributed by atoms with Gasteiger partial charge in [0.15, 0.2) is 5.17 Å². The van der Waals surface area contributed by atoms with Gasteiger partial charge in [-0.3, -0.25) is 9.59 Å². The molecule has 2 aliphatic rings. The maximum atomic E-state index is 11.6. The molecule has 2 fully saturated rings. The van der Waals surface area contributed by atoms with E-state index in [1.54, 1.807) is 0 Å². The first-order valence-electron chi connectivity index (χ1n) is 5.69. The highest BCUT2D eigenvalue weighted by Crippen LogP contribution is 2.13. The first-order chi connectivity index (χ1) is 9.15. The Bertz CT molecular complexity index is 421. The Morgan fingerprint density at radius 3 is 2.89 bits per heavy atom. The van der Waals surface area contributed by atoms with Crippen molar-refractivity contribution in [2.45, 2.75) is 0 Å². The standard InChI is InChI=1S/C10H13N3O3S3/c14-7-5-18-9(11-7)12-8(15)6-19-10(17)13-1-3-16-4-2-13/h1-6H2,(H,11,12,14,15). The van der Waals surface area contributed by atoms with E-state index in [2.05, 4.69) is 10.3 Å². The van der Waals surface area contributed by atoms with Crippen LogP contribution in [0.15, 0.2) is 4.99 Å². The SMILES string of the molecule is O=C(CSC(=S)N1CCOCC1)N=C1NC(=O)CS1. The molecular formula is C10H13N3O3S3. The molecule has 9 heteroatoms. The van der Waals surface area contributed by atoms with Crippen molar-refractivity contribution >= 4 is 57.0 Å². The molecule has 1 N–H and O–H groups in total. The molecule has 0 atom stereocenters. The van der Waals surface area contributed by atoms with Gasteiger partial charge in [0.05, 0.1) is 24.7 Å². The van der Waals surface area contributed by atoms with Crippen LogP contribution in [-0.4, -0.2) is 64.0 Å². The van der Waals surface area contributed by atoms with E-state index in [0.29, 0.717) is 28.5 Å². The fourth-order valence-corrected chi connectivity index (χ4v) is 3.22. The summed E-state index contributed by atoms with van der Waals surface area (Å²) in [7, 11) is 0. The number of carbonyl (C=O) groups is 2. The van der Waals surface area contributed by atoms with Gasteiger partial charge in [-0.05, 0) is 0 Å². The Morgan fingerprint density at radius 1 is 1.53 bits per heavy atom. The lowest BCUT2D eigenvalue weighted by Gasteiger charge is -2.28. The highest BCUT2D eigenvalue weighted by molar-refractivity contribution is 8.23. The second kappa shape index (κ2) is 7.22. The van der Waals surface area contributed by atoms with Gasteiger partial charge in [0.25, 0.3) is 5.91 Å². The molecular weight excluding hydrogens is 306 g/mol. The van der Waals surface area contributed by atoms with Gasteiger partial charge in [-0.15, -0.1) is 0 Å². The molecule has 2 saturated heterocycles. The van der Waals surface area contributed by atoms with Crippen molar-refractivity contribution in [1.29, 1.82) is 0 Å². The molecule has 6 nitrogen and oxygen atoms in total. The fourth-order valence-electron chi connectivity index (χ4n) is 1.49. The number of thiocarbonyl (C=S) groups is 1. The van der Waals surface area contributed by atoms with Gasteiger partial charge in [-0.1, -0.05) is 35.7 Å². The molecule has 0 aromatic heterocycles. The summed E-state index contributed by atoms with van der Waals surface area (Å²) in [5.41, 5.74) is 0. The van der Waals surface area contributed by atoms with Crippen LogP contribution in [0.3, 0.4) is 0 Å². The molecule has 19 heavy (non-hydrogen) atoms. The minimum absolute atomic E-state index is 0.118. The van der Waals surface area contributed by atoms with E-state index in [4.69, 9.17) is 17.0 Å². The van der Waals surface area contributed by atoms with Crippen LogP contribution < -0.4 is 5.32 Å². The van der Waals surface area contributed by atoms with Gasteiger partial charge < -0.3 is 15.0 Å². The van der Waals surface area contributed by atoms with Crippen molar-refractivity contribution < 1.29 is 14.3 Å². The van der Waals surface area contributed by atoms with Gasteiger partial charge in [0.1, 0.15) is 4.32 Å². The highest BCUT2D eigenvalue weighted by atomic mass is 32.2. The number of nitrogens with one attached hydrogen (secondary N) is 1. The molecule has 0 aromatic rings. The lowest BCUT2D eigenvalue weighted by atomic mass is 10.5. The maximum absolute atomic E-state index is 11.6. The summed E-state index contributed by atoms with van der Waals surface area (Å²) in [6.07, 6.45) is 0. The molecule has 2 amide bonds. The number of carbonyl (C=O) groups excluding carboxylic acids is 2. The van der Waals surface area contributed by atoms with Crippen LogP contribution in [0, 0.1) is 0 Å². The largest absolute Gasteiger partial charge is 0.378 e. The number of ether oxygens (including phenoxy) is 1. The molecule has 0 saturated carbocycles. The van der Waals surface area contributed by atoms with Gasteiger partial charge in [0, 0.05) is 13.1 Å². The second-order valence-corrected chi connectivity index (χ2v) is 6.37. The average Bonchev–Trinajstić information content (AvgIpc) is 2.82. The lowest BCUT2D eigenvalue weighted by Crippen LogP contribution is -2.38. The van der Waals surface area contributed by atoms with Crippen LogP contribution in [0.25, 0.3) is 0 Å². The topological polar surface area (TPSA) is 71.0 Å². The van der Waals surface area contributed by atoms with Crippen LogP contribution in [-0.2, 0) is 14.3 Å². The summed E-state index contributed by atoms with van der Waals surface area (Å²) in [4.78, 5) is 28.4. The molecule has 0 aliphatic carbocycles. The van der Waals surface area contributed by atoms with Crippen LogP contribution in [0.4, 0.5) is 0 Å². The van der Waals surface area contributed by atoms with E-state index in [1.807, 2.05) is 4.90 Å². The predicted molar refractivity (Wildman–Crippen MR) is 80.5 cm³/mol. The number of rotatable bonds is 2. The van der Waals surface area contributed by atoms with Gasteiger partial charge in [0.2, 0.25) is 5.91 Å². The highest BCUT2D eigenvalue weighted by Gasteiger charge is 2.19. The minimum Gasteiger partial charge on any atom is -0.378 e. The van der Waals surface area contributed by atoms with Gasteiger partial charge >= 0.3 is 0 Å². The number of hydrogen-bond acceptors (Lipinski definition) is 6. The molecule has 2 rings (SSSR count). The first kappa shape index (κ1) is 14.8. The first-order valence-corrected chi connectivity index (χ1v) is 8.07. The number of amidine groups is 1. The summed E-state index contributed by atoms with van der Waals surface area (Å²) in [6, 6.07) is 0. The van der Waals surface area contributed by atoms with E-state index < -0.39 is 0 Å². The Balaban J connectivity index is 1.74. The summed E-state index contributed by atoms with van der Waals surface area (Å²) >= 11 is 7.79. The summed E-state index contributed by atoms with van der Waals surface area (Å²) < 4.78 is 5.93. The number of morpholine rings is 1. The van der Waals surface area contributed by atoms with Crippen molar-refractivity contribution in [2.75, 3.05) is 37.8 Å². The van der Waals surface area contributed by atoms with Crippen LogP contribution in [0.5, 0.6) is 0 Å². The Kier molecular flexibility index (Phi) is 5.61. The Hall–Kier alpha value is -0.640. The monoisotopic (exact) mass is 319 g/mol. The second-order valence-electron chi connectivity index (χ2n) is 3.80. The van der Waals surface area contributed by atoms with Crippen molar-refractivity contribution in [1.82, 2.24) is 10.2 Å². The van der Waals surface area contributed by atoms with Gasteiger partial charge in [-0.2, -0.15) is 4.99 Å². The van der Waals surface area contributed by atoms with Crippen molar-refractivity contribution in [3.8, 4) is 0 Å². The molecule has 2 heterocycles. The van der Waals surface area contributed by atoms with E-state index in [1.165, 1.54) is 23.5 Å². The normalized spacial score (nSPS) is 21.6. The van der Waals surface area contributed by atoms with Crippen LogP contribution >= 0.6 is 35.7 Å². The third-order valence-corrected chi connectivity index (χ3v) is 4.78. The number of amides is 2. The average molecular weight is 319 g/mol. The third kappa shape index (κ3) is 4.75. The quantitative estimate of drug-likeness (QED) is 0.723. The molecule has 2 aliphatic heterocycles. The molecule has 0 unspecified atom stereocenters. The summed E-state index contributed by atoms with van der Waals surface area (Å²) in [6.45, 7) is 2.86. The third-order valence-electron chi connectivity index (χ3n) is 2.40. The number of hydrogen-bond donors (Lipinski definition) is 1. The van der Waals surface area contributed by atoms with Crippen molar-refractivity contribution in [3.63, 3.8) is 0 Å². The fraction of sp³-hybridized carbons (Fsp3) is 0.600. The maximum Gasteiger partial charge on any atom is 0.258 e. The van der Waals surface area contributed by atoms with Crippen molar-refractivity contribution in [3.05, 3.63) is 0 Å². The zero-order chi connectivity index (χ0) is 13.7. The van der Waals surface area contributed by atoms with E-state index in [9.17, 15) is 9.59 Å².